The lowest BCUT2D eigenvalue weighted by Crippen LogP contribution is -2.51. The molecule has 0 spiro atoms. The third-order valence-electron chi connectivity index (χ3n) is 8.23. The molecule has 10 heteroatoms. The van der Waals surface area contributed by atoms with Gasteiger partial charge in [-0.2, -0.15) is 0 Å². The summed E-state index contributed by atoms with van der Waals surface area (Å²) in [6.07, 6.45) is 5.70. The fourth-order valence-electron chi connectivity index (χ4n) is 6.22. The Balaban J connectivity index is 1.27. The molecule has 5 rings (SSSR count). The van der Waals surface area contributed by atoms with Crippen LogP contribution in [-0.2, 0) is 4.79 Å². The lowest BCUT2D eigenvalue weighted by atomic mass is 9.73. The molecule has 7 nitrogen and oxygen atoms in total. The highest BCUT2D eigenvalue weighted by Crippen LogP contribution is 2.61. The molecule has 0 heterocycles. The van der Waals surface area contributed by atoms with Gasteiger partial charge < -0.3 is 10.6 Å². The summed E-state index contributed by atoms with van der Waals surface area (Å²) in [5, 5.41) is 17.3. The summed E-state index contributed by atoms with van der Waals surface area (Å²) in [5.74, 6) is -0.840. The Bertz CT molecular complexity index is 1230. The van der Waals surface area contributed by atoms with Gasteiger partial charge in [-0.25, -0.2) is 4.39 Å². The van der Waals surface area contributed by atoms with Crippen LogP contribution in [0.15, 0.2) is 36.4 Å². The van der Waals surface area contributed by atoms with Crippen molar-refractivity contribution < 1.29 is 18.9 Å². The third kappa shape index (κ3) is 4.57. The molecule has 2 amide bonds. The van der Waals surface area contributed by atoms with Gasteiger partial charge >= 0.3 is 0 Å². The second-order valence-electron chi connectivity index (χ2n) is 10.4. The maximum absolute atomic E-state index is 15.1. The lowest BCUT2D eigenvalue weighted by Gasteiger charge is -2.41. The van der Waals surface area contributed by atoms with Crippen molar-refractivity contribution in [3.63, 3.8) is 0 Å². The SMILES string of the molecule is O=C(NC1CC(C(=O)N[C@H](c2c(F)ccc(Cl)c2Cl)C23CCC(CC2)C3)C1)c1cccc([N+](=O)[O-])c1. The minimum absolute atomic E-state index is 0.141. The number of fused-ring (bicyclic) bond motifs is 2. The highest BCUT2D eigenvalue weighted by Gasteiger charge is 2.52. The molecule has 0 aromatic heterocycles. The number of hydrogen-bond acceptors (Lipinski definition) is 4. The molecule has 3 aliphatic rings. The summed E-state index contributed by atoms with van der Waals surface area (Å²) in [6, 6.07) is 7.44. The Labute approximate surface area is 217 Å². The van der Waals surface area contributed by atoms with Crippen LogP contribution in [0.4, 0.5) is 10.1 Å². The minimum atomic E-state index is -0.567. The highest BCUT2D eigenvalue weighted by atomic mass is 35.5. The van der Waals surface area contributed by atoms with E-state index in [0.29, 0.717) is 18.8 Å². The molecular weight excluding hydrogens is 508 g/mol. The molecule has 36 heavy (non-hydrogen) atoms. The molecule has 2 bridgehead atoms. The standard InChI is InChI=1S/C26H26Cl2FN3O4/c27-19-4-5-20(29)21(22(19)28)23(26-8-6-14(13-26)7-9-26)31-25(34)16-10-17(11-16)30-24(33)15-2-1-3-18(12-15)32(35)36/h1-5,12,14,16-17,23H,6-11,13H2,(H,30,33)(H,31,34)/t14?,16?,17?,23-,26?/m1/s1. The van der Waals surface area contributed by atoms with Crippen molar-refractivity contribution in [2.45, 2.75) is 57.0 Å². The van der Waals surface area contributed by atoms with Gasteiger partial charge in [-0.3, -0.25) is 19.7 Å². The van der Waals surface area contributed by atoms with E-state index >= 15 is 4.39 Å². The van der Waals surface area contributed by atoms with Crippen LogP contribution in [0.1, 0.15) is 66.9 Å². The van der Waals surface area contributed by atoms with Gasteiger partial charge in [-0.05, 0) is 74.5 Å². The van der Waals surface area contributed by atoms with Gasteiger partial charge in [-0.15, -0.1) is 0 Å². The number of rotatable bonds is 7. The number of benzene rings is 2. The zero-order valence-corrected chi connectivity index (χ0v) is 20.9. The fraction of sp³-hybridized carbons (Fsp3) is 0.462. The number of amides is 2. The van der Waals surface area contributed by atoms with E-state index in [1.807, 2.05) is 0 Å². The van der Waals surface area contributed by atoms with Crippen LogP contribution in [0.2, 0.25) is 10.0 Å². The van der Waals surface area contributed by atoms with Crippen LogP contribution in [-0.4, -0.2) is 22.8 Å². The maximum Gasteiger partial charge on any atom is 0.270 e. The number of nitrogens with one attached hydrogen (secondary N) is 2. The molecule has 0 aliphatic heterocycles. The largest absolute Gasteiger partial charge is 0.349 e. The molecule has 0 unspecified atom stereocenters. The van der Waals surface area contributed by atoms with E-state index in [0.717, 1.165) is 32.1 Å². The Morgan fingerprint density at radius 2 is 1.86 bits per heavy atom. The second kappa shape index (κ2) is 9.63. The van der Waals surface area contributed by atoms with Crippen molar-refractivity contribution in [1.82, 2.24) is 10.6 Å². The van der Waals surface area contributed by atoms with Gasteiger partial charge in [-0.1, -0.05) is 29.3 Å². The number of nitro groups is 1. The van der Waals surface area contributed by atoms with Gasteiger partial charge in [0.05, 0.1) is 21.0 Å². The van der Waals surface area contributed by atoms with Crippen LogP contribution in [0.25, 0.3) is 0 Å². The molecule has 2 aromatic rings. The molecule has 3 fully saturated rings. The predicted octanol–water partition coefficient (Wildman–Crippen LogP) is 5.99. The van der Waals surface area contributed by atoms with Crippen LogP contribution < -0.4 is 10.6 Å². The van der Waals surface area contributed by atoms with Crippen molar-refractivity contribution >= 4 is 40.7 Å². The first-order valence-electron chi connectivity index (χ1n) is 12.2. The molecule has 190 valence electrons. The number of carbonyl (C=O) groups excluding carboxylic acids is 2. The van der Waals surface area contributed by atoms with Crippen LogP contribution >= 0.6 is 23.2 Å². The average Bonchev–Trinajstić information content (AvgIpc) is 3.45. The molecule has 3 aliphatic carbocycles. The summed E-state index contributed by atoms with van der Waals surface area (Å²) in [6.45, 7) is 0. The van der Waals surface area contributed by atoms with Gasteiger partial charge in [0, 0.05) is 35.2 Å². The van der Waals surface area contributed by atoms with Gasteiger partial charge in [0.2, 0.25) is 5.91 Å². The zero-order chi connectivity index (χ0) is 25.6. The van der Waals surface area contributed by atoms with Crippen molar-refractivity contribution in [3.05, 3.63) is 73.5 Å². The average molecular weight is 534 g/mol. The first kappa shape index (κ1) is 25.0. The number of non-ortho nitro benzene ring substituents is 1. The Morgan fingerprint density at radius 3 is 2.50 bits per heavy atom. The first-order valence-corrected chi connectivity index (χ1v) is 12.9. The molecule has 2 aromatic carbocycles. The van der Waals surface area contributed by atoms with Crippen molar-refractivity contribution in [2.24, 2.45) is 17.3 Å². The Morgan fingerprint density at radius 1 is 1.14 bits per heavy atom. The number of hydrogen-bond donors (Lipinski definition) is 2. The van der Waals surface area contributed by atoms with E-state index in [-0.39, 0.29) is 50.1 Å². The molecule has 0 radical (unpaired) electrons. The molecule has 2 N–H and O–H groups in total. The van der Waals surface area contributed by atoms with E-state index in [4.69, 9.17) is 23.2 Å². The summed E-state index contributed by atoms with van der Waals surface area (Å²) < 4.78 is 15.1. The lowest BCUT2D eigenvalue weighted by molar-refractivity contribution is -0.384. The Kier molecular flexibility index (Phi) is 6.68. The van der Waals surface area contributed by atoms with E-state index in [1.54, 1.807) is 0 Å². The van der Waals surface area contributed by atoms with Crippen molar-refractivity contribution in [1.29, 1.82) is 0 Å². The fourth-order valence-corrected chi connectivity index (χ4v) is 6.65. The van der Waals surface area contributed by atoms with Crippen LogP contribution in [0.3, 0.4) is 0 Å². The smallest absolute Gasteiger partial charge is 0.270 e. The third-order valence-corrected chi connectivity index (χ3v) is 9.05. The number of nitro benzene ring substituents is 1. The zero-order valence-electron chi connectivity index (χ0n) is 19.4. The van der Waals surface area contributed by atoms with E-state index in [2.05, 4.69) is 10.6 Å². The first-order chi connectivity index (χ1) is 17.2. The number of nitrogens with zero attached hydrogens (tertiary/aromatic N) is 1. The normalized spacial score (nSPS) is 27.2. The quantitative estimate of drug-likeness (QED) is 0.259. The summed E-state index contributed by atoms with van der Waals surface area (Å²) in [4.78, 5) is 36.2. The summed E-state index contributed by atoms with van der Waals surface area (Å²) in [7, 11) is 0. The van der Waals surface area contributed by atoms with Gasteiger partial charge in [0.15, 0.2) is 0 Å². The van der Waals surface area contributed by atoms with E-state index in [1.165, 1.54) is 36.4 Å². The summed E-state index contributed by atoms with van der Waals surface area (Å²) in [5.41, 5.74) is 0.0516. The number of carbonyl (C=O) groups is 2. The predicted molar refractivity (Wildman–Crippen MR) is 133 cm³/mol. The van der Waals surface area contributed by atoms with Crippen molar-refractivity contribution in [3.8, 4) is 0 Å². The van der Waals surface area contributed by atoms with Crippen LogP contribution in [0.5, 0.6) is 0 Å². The van der Waals surface area contributed by atoms with E-state index < -0.39 is 22.7 Å². The highest BCUT2D eigenvalue weighted by molar-refractivity contribution is 6.42. The monoisotopic (exact) mass is 533 g/mol. The van der Waals surface area contributed by atoms with Gasteiger partial charge in [0.1, 0.15) is 5.82 Å². The molecule has 3 saturated carbocycles. The van der Waals surface area contributed by atoms with Crippen LogP contribution in [0, 0.1) is 33.2 Å². The second-order valence-corrected chi connectivity index (χ2v) is 11.1. The molecule has 0 saturated heterocycles. The minimum Gasteiger partial charge on any atom is -0.349 e. The van der Waals surface area contributed by atoms with E-state index in [9.17, 15) is 19.7 Å². The summed E-state index contributed by atoms with van der Waals surface area (Å²) >= 11 is 12.7. The maximum atomic E-state index is 15.1. The Hall–Kier alpha value is -2.71. The van der Waals surface area contributed by atoms with Crippen molar-refractivity contribution in [2.75, 3.05) is 0 Å². The van der Waals surface area contributed by atoms with Gasteiger partial charge in [0.25, 0.3) is 11.6 Å². The number of halogens is 3. The topological polar surface area (TPSA) is 101 Å². The molecular formula is C26H26Cl2FN3O4. The molecule has 1 atom stereocenters.